The van der Waals surface area contributed by atoms with E-state index >= 15 is 0 Å². The summed E-state index contributed by atoms with van der Waals surface area (Å²) < 4.78 is 32.9. The Morgan fingerprint density at radius 3 is 2.17 bits per heavy atom. The topological polar surface area (TPSA) is 160 Å². The fraction of sp³-hybridized carbons (Fsp3) is 0.333. The number of carbonyl (C=O) groups excluding carboxylic acids is 4. The lowest BCUT2D eigenvalue weighted by Crippen LogP contribution is -2.46. The monoisotopic (exact) mass is 516 g/mol. The third kappa shape index (κ3) is 7.70. The van der Waals surface area contributed by atoms with E-state index in [0.29, 0.717) is 24.3 Å². The molecule has 0 aliphatic carbocycles. The Bertz CT molecular complexity index is 1220. The van der Waals surface area contributed by atoms with Crippen LogP contribution in [0.4, 0.5) is 11.4 Å². The van der Waals surface area contributed by atoms with Gasteiger partial charge < -0.3 is 20.7 Å². The molecule has 1 aliphatic heterocycles. The van der Waals surface area contributed by atoms with Crippen molar-refractivity contribution in [2.75, 3.05) is 17.2 Å². The molecule has 0 aromatic heterocycles. The Morgan fingerprint density at radius 2 is 1.61 bits per heavy atom. The Kier molecular flexibility index (Phi) is 8.91. The molecule has 0 spiro atoms. The summed E-state index contributed by atoms with van der Waals surface area (Å²) in [4.78, 5) is 48.8. The van der Waals surface area contributed by atoms with E-state index < -0.39 is 46.4 Å². The second kappa shape index (κ2) is 11.9. The summed E-state index contributed by atoms with van der Waals surface area (Å²) >= 11 is 0. The van der Waals surface area contributed by atoms with Crippen LogP contribution in [-0.4, -0.2) is 50.8 Å². The highest BCUT2D eigenvalue weighted by molar-refractivity contribution is 7.89. The van der Waals surface area contributed by atoms with Crippen LogP contribution in [0.25, 0.3) is 0 Å². The zero-order valence-electron chi connectivity index (χ0n) is 19.9. The number of rotatable bonds is 9. The smallest absolute Gasteiger partial charge is 0.332 e. The summed E-state index contributed by atoms with van der Waals surface area (Å²) in [6.45, 7) is 3.75. The van der Waals surface area contributed by atoms with E-state index in [4.69, 9.17) is 4.74 Å². The highest BCUT2D eigenvalue weighted by atomic mass is 32.2. The first-order chi connectivity index (χ1) is 17.0. The van der Waals surface area contributed by atoms with Crippen LogP contribution in [0.3, 0.4) is 0 Å². The van der Waals surface area contributed by atoms with Gasteiger partial charge in [0.25, 0.3) is 0 Å². The lowest BCUT2D eigenvalue weighted by Gasteiger charge is -2.18. The summed E-state index contributed by atoms with van der Waals surface area (Å²) in [6, 6.07) is 9.79. The third-order valence-electron chi connectivity index (χ3n) is 5.34. The standard InChI is InChI=1S/C24H28N4O7S/c1-15-5-11-19(12-6-15)36(33,34)28-21(24(32)35-23(31)20-4-3-13-25-20)14-22(30)27-18-9-7-17(8-10-18)26-16(2)29/h5-12,20-21,25,28H,3-4,13-14H2,1-2H3,(H,26,29)(H,27,30)/t20-,21-/m0/s1. The average molecular weight is 517 g/mol. The molecule has 0 radical (unpaired) electrons. The van der Waals surface area contributed by atoms with Crippen molar-refractivity contribution in [2.24, 2.45) is 0 Å². The third-order valence-corrected chi connectivity index (χ3v) is 6.83. The summed E-state index contributed by atoms with van der Waals surface area (Å²) in [5.74, 6) is -2.95. The van der Waals surface area contributed by atoms with Gasteiger partial charge in [-0.2, -0.15) is 4.72 Å². The molecular formula is C24H28N4O7S. The molecule has 2 atom stereocenters. The molecule has 1 fully saturated rings. The van der Waals surface area contributed by atoms with Crippen molar-refractivity contribution in [3.63, 3.8) is 0 Å². The van der Waals surface area contributed by atoms with Crippen LogP contribution in [0.2, 0.25) is 0 Å². The van der Waals surface area contributed by atoms with Gasteiger partial charge in [-0.25, -0.2) is 18.0 Å². The first kappa shape index (κ1) is 27.0. The molecule has 12 heteroatoms. The van der Waals surface area contributed by atoms with Crippen molar-refractivity contribution >= 4 is 45.2 Å². The second-order valence-electron chi connectivity index (χ2n) is 8.39. The number of esters is 2. The lowest BCUT2D eigenvalue weighted by molar-refractivity contribution is -0.162. The van der Waals surface area contributed by atoms with Crippen molar-refractivity contribution in [1.82, 2.24) is 10.0 Å². The molecule has 0 unspecified atom stereocenters. The molecule has 11 nitrogen and oxygen atoms in total. The molecule has 1 aliphatic rings. The van der Waals surface area contributed by atoms with E-state index in [1.165, 1.54) is 31.2 Å². The van der Waals surface area contributed by atoms with Crippen molar-refractivity contribution in [3.05, 3.63) is 54.1 Å². The van der Waals surface area contributed by atoms with Crippen LogP contribution in [0.1, 0.15) is 31.7 Å². The average Bonchev–Trinajstić information content (AvgIpc) is 3.35. The number of amides is 2. The minimum atomic E-state index is -4.21. The van der Waals surface area contributed by atoms with E-state index in [2.05, 4.69) is 20.7 Å². The molecule has 0 bridgehead atoms. The van der Waals surface area contributed by atoms with Crippen LogP contribution in [-0.2, 0) is 33.9 Å². The number of nitrogens with one attached hydrogen (secondary N) is 4. The quantitative estimate of drug-likeness (QED) is 0.288. The number of sulfonamides is 1. The maximum atomic E-state index is 12.9. The van der Waals surface area contributed by atoms with Gasteiger partial charge >= 0.3 is 11.9 Å². The summed E-state index contributed by atoms with van der Waals surface area (Å²) in [6.07, 6.45) is 0.601. The van der Waals surface area contributed by atoms with Gasteiger partial charge in [0, 0.05) is 18.3 Å². The SMILES string of the molecule is CC(=O)Nc1ccc(NC(=O)C[C@H](NS(=O)(=O)c2ccc(C)cc2)C(=O)OC(=O)[C@@H]2CCCN2)cc1. The molecule has 3 rings (SSSR count). The van der Waals surface area contributed by atoms with Gasteiger partial charge in [-0.1, -0.05) is 17.7 Å². The Morgan fingerprint density at radius 1 is 1.00 bits per heavy atom. The zero-order valence-corrected chi connectivity index (χ0v) is 20.7. The van der Waals surface area contributed by atoms with Crippen molar-refractivity contribution in [3.8, 4) is 0 Å². The lowest BCUT2D eigenvalue weighted by atomic mass is 10.2. The molecule has 0 saturated carbocycles. The second-order valence-corrected chi connectivity index (χ2v) is 10.1. The number of carbonyl (C=O) groups is 4. The van der Waals surface area contributed by atoms with Gasteiger partial charge in [-0.15, -0.1) is 0 Å². The Hall–Kier alpha value is -3.61. The molecule has 2 aromatic rings. The van der Waals surface area contributed by atoms with Gasteiger partial charge in [-0.05, 0) is 62.7 Å². The largest absolute Gasteiger partial charge is 0.391 e. The van der Waals surface area contributed by atoms with Crippen molar-refractivity contribution in [2.45, 2.75) is 50.1 Å². The fourth-order valence-electron chi connectivity index (χ4n) is 3.51. The van der Waals surface area contributed by atoms with Crippen LogP contribution >= 0.6 is 0 Å². The first-order valence-electron chi connectivity index (χ1n) is 11.3. The number of benzene rings is 2. The number of ether oxygens (including phenoxy) is 1. The van der Waals surface area contributed by atoms with E-state index in [0.717, 1.165) is 12.0 Å². The number of hydrogen-bond acceptors (Lipinski definition) is 8. The summed E-state index contributed by atoms with van der Waals surface area (Å²) in [5.41, 5.74) is 1.71. The van der Waals surface area contributed by atoms with Gasteiger partial charge in [0.05, 0.1) is 11.3 Å². The summed E-state index contributed by atoms with van der Waals surface area (Å²) in [5, 5.41) is 8.05. The molecule has 36 heavy (non-hydrogen) atoms. The summed E-state index contributed by atoms with van der Waals surface area (Å²) in [7, 11) is -4.21. The fourth-order valence-corrected chi connectivity index (χ4v) is 4.70. The number of hydrogen-bond donors (Lipinski definition) is 4. The van der Waals surface area contributed by atoms with Crippen molar-refractivity contribution < 1.29 is 32.3 Å². The maximum Gasteiger partial charge on any atom is 0.332 e. The normalized spacial score (nSPS) is 16.1. The highest BCUT2D eigenvalue weighted by Gasteiger charge is 2.33. The van der Waals surface area contributed by atoms with Gasteiger partial charge in [-0.3, -0.25) is 9.59 Å². The van der Waals surface area contributed by atoms with Gasteiger partial charge in [0.2, 0.25) is 21.8 Å². The number of aryl methyl sites for hydroxylation is 1. The van der Waals surface area contributed by atoms with E-state index in [1.807, 2.05) is 0 Å². The molecule has 1 saturated heterocycles. The molecule has 2 aromatic carbocycles. The maximum absolute atomic E-state index is 12.9. The van der Waals surface area contributed by atoms with Gasteiger partial charge in [0.1, 0.15) is 12.1 Å². The predicted octanol–water partition coefficient (Wildman–Crippen LogP) is 1.45. The van der Waals surface area contributed by atoms with Crippen LogP contribution in [0.15, 0.2) is 53.4 Å². The minimum absolute atomic E-state index is 0.108. The van der Waals surface area contributed by atoms with Gasteiger partial charge in [0.15, 0.2) is 0 Å². The highest BCUT2D eigenvalue weighted by Crippen LogP contribution is 2.16. The van der Waals surface area contributed by atoms with Crippen LogP contribution in [0.5, 0.6) is 0 Å². The van der Waals surface area contributed by atoms with Crippen molar-refractivity contribution in [1.29, 1.82) is 0 Å². The number of anilines is 2. The Balaban J connectivity index is 1.73. The molecule has 192 valence electrons. The zero-order chi connectivity index (χ0) is 26.3. The minimum Gasteiger partial charge on any atom is -0.391 e. The van der Waals surface area contributed by atoms with E-state index in [1.54, 1.807) is 31.2 Å². The first-order valence-corrected chi connectivity index (χ1v) is 12.8. The van der Waals surface area contributed by atoms with Crippen LogP contribution < -0.4 is 20.7 Å². The molecular weight excluding hydrogens is 488 g/mol. The van der Waals surface area contributed by atoms with E-state index in [-0.39, 0.29) is 10.8 Å². The molecule has 2 amide bonds. The van der Waals surface area contributed by atoms with E-state index in [9.17, 15) is 27.6 Å². The molecule has 1 heterocycles. The molecule has 4 N–H and O–H groups in total. The van der Waals surface area contributed by atoms with Crippen LogP contribution in [0, 0.1) is 6.92 Å². The predicted molar refractivity (Wildman–Crippen MR) is 131 cm³/mol. The Labute approximate surface area is 209 Å².